The van der Waals surface area contributed by atoms with E-state index in [4.69, 9.17) is 23.2 Å². The van der Waals surface area contributed by atoms with E-state index in [0.717, 1.165) is 12.3 Å². The molecule has 1 aromatic heterocycles. The lowest BCUT2D eigenvalue weighted by atomic mass is 9.78. The molecular formula is C25H31Cl2F3N4O3S. The molecule has 0 spiro atoms. The highest BCUT2D eigenvalue weighted by Crippen LogP contribution is 2.35. The minimum Gasteiger partial charge on any atom is -0.341 e. The topological polar surface area (TPSA) is 73.8 Å². The molecule has 2 heterocycles. The van der Waals surface area contributed by atoms with Crippen molar-refractivity contribution >= 4 is 39.1 Å². The normalized spacial score (nSPS) is 17.6. The number of halogens is 5. The number of sulfonamides is 1. The highest BCUT2D eigenvalue weighted by Gasteiger charge is 2.38. The number of hydrogen-bond donors (Lipinski definition) is 0. The molecule has 0 radical (unpaired) electrons. The number of rotatable bonds is 8. The molecule has 0 N–H and O–H groups in total. The second-order valence-electron chi connectivity index (χ2n) is 9.78. The van der Waals surface area contributed by atoms with Crippen LogP contribution in [0.5, 0.6) is 0 Å². The molecule has 38 heavy (non-hydrogen) atoms. The fraction of sp³-hybridized carbons (Fsp3) is 0.520. The molecule has 0 saturated carbocycles. The SMILES string of the molecule is CN(Cc1ccc(C(F)(F)F)nc1)C(=O)C(C)(CCN1CCCN(S(C)(=O)=O)CC1)c1ccc(Cl)c(Cl)c1. The summed E-state index contributed by atoms with van der Waals surface area (Å²) in [6.45, 7) is 4.43. The summed E-state index contributed by atoms with van der Waals surface area (Å²) in [5, 5.41) is 0.652. The molecule has 1 saturated heterocycles. The van der Waals surface area contributed by atoms with E-state index in [0.29, 0.717) is 66.7 Å². The minimum absolute atomic E-state index is 0.0634. The first-order valence-corrected chi connectivity index (χ1v) is 14.6. The summed E-state index contributed by atoms with van der Waals surface area (Å²) < 4.78 is 64.0. The molecule has 0 bridgehead atoms. The molecular weight excluding hydrogens is 564 g/mol. The van der Waals surface area contributed by atoms with Crippen molar-refractivity contribution in [2.45, 2.75) is 37.9 Å². The summed E-state index contributed by atoms with van der Waals surface area (Å²) in [4.78, 5) is 20.9. The predicted molar refractivity (Wildman–Crippen MR) is 142 cm³/mol. The zero-order valence-electron chi connectivity index (χ0n) is 21.4. The summed E-state index contributed by atoms with van der Waals surface area (Å²) in [6.07, 6.45) is -1.15. The van der Waals surface area contributed by atoms with Crippen LogP contribution in [-0.2, 0) is 33.0 Å². The molecule has 2 aromatic rings. The van der Waals surface area contributed by atoms with Crippen molar-refractivity contribution in [3.05, 3.63) is 63.4 Å². The standard InChI is InChI=1S/C25H31Cl2F3N4O3S/c1-24(19-6-7-20(26)21(27)15-19,9-12-33-10-4-11-34(14-13-33)38(3,36)37)23(35)32(2)17-18-5-8-22(31-16-18)25(28,29)30/h5-8,15-16H,4,9-14,17H2,1-3H3. The van der Waals surface area contributed by atoms with Crippen LogP contribution >= 0.6 is 23.2 Å². The maximum atomic E-state index is 13.9. The van der Waals surface area contributed by atoms with Crippen LogP contribution in [0, 0.1) is 0 Å². The zero-order valence-corrected chi connectivity index (χ0v) is 23.8. The quantitative estimate of drug-likeness (QED) is 0.443. The Morgan fingerprint density at radius 2 is 1.79 bits per heavy atom. The van der Waals surface area contributed by atoms with E-state index in [1.807, 2.05) is 0 Å². The van der Waals surface area contributed by atoms with Crippen LogP contribution in [0.4, 0.5) is 13.2 Å². The zero-order chi connectivity index (χ0) is 28.3. The number of aromatic nitrogens is 1. The van der Waals surface area contributed by atoms with Crippen molar-refractivity contribution < 1.29 is 26.4 Å². The smallest absolute Gasteiger partial charge is 0.341 e. The first-order valence-electron chi connectivity index (χ1n) is 12.0. The van der Waals surface area contributed by atoms with Crippen molar-refractivity contribution in [2.24, 2.45) is 0 Å². The maximum absolute atomic E-state index is 13.9. The third kappa shape index (κ3) is 7.59. The lowest BCUT2D eigenvalue weighted by Gasteiger charge is -2.35. The Morgan fingerprint density at radius 3 is 2.37 bits per heavy atom. The van der Waals surface area contributed by atoms with Gasteiger partial charge in [0.15, 0.2) is 0 Å². The van der Waals surface area contributed by atoms with Gasteiger partial charge in [0.2, 0.25) is 15.9 Å². The highest BCUT2D eigenvalue weighted by molar-refractivity contribution is 7.88. The average molecular weight is 596 g/mol. The van der Waals surface area contributed by atoms with Gasteiger partial charge in [-0.2, -0.15) is 13.2 Å². The molecule has 1 aromatic carbocycles. The number of pyridine rings is 1. The fourth-order valence-electron chi connectivity index (χ4n) is 4.55. The number of alkyl halides is 3. The maximum Gasteiger partial charge on any atom is 0.433 e. The molecule has 3 rings (SSSR count). The summed E-state index contributed by atoms with van der Waals surface area (Å²) in [5.41, 5.74) is -0.922. The van der Waals surface area contributed by atoms with Gasteiger partial charge in [0, 0.05) is 39.4 Å². The van der Waals surface area contributed by atoms with Crippen molar-refractivity contribution in [3.63, 3.8) is 0 Å². The predicted octanol–water partition coefficient (Wildman–Crippen LogP) is 4.68. The number of carbonyl (C=O) groups is 1. The minimum atomic E-state index is -4.54. The Hall–Kier alpha value is -1.92. The van der Waals surface area contributed by atoms with Crippen LogP contribution < -0.4 is 0 Å². The van der Waals surface area contributed by atoms with Crippen LogP contribution in [0.15, 0.2) is 36.5 Å². The molecule has 7 nitrogen and oxygen atoms in total. The van der Waals surface area contributed by atoms with Crippen molar-refractivity contribution in [3.8, 4) is 0 Å². The molecule has 1 aliphatic rings. The van der Waals surface area contributed by atoms with E-state index < -0.39 is 27.3 Å². The van der Waals surface area contributed by atoms with Gasteiger partial charge in [0.05, 0.1) is 21.7 Å². The van der Waals surface area contributed by atoms with Gasteiger partial charge >= 0.3 is 6.18 Å². The van der Waals surface area contributed by atoms with Gasteiger partial charge in [-0.15, -0.1) is 0 Å². The Kier molecular flexibility index (Phi) is 9.73. The molecule has 210 valence electrons. The van der Waals surface area contributed by atoms with E-state index in [-0.39, 0.29) is 12.5 Å². The van der Waals surface area contributed by atoms with Crippen molar-refractivity contribution in [1.29, 1.82) is 0 Å². The molecule has 1 aliphatic heterocycles. The molecule has 13 heteroatoms. The first-order chi connectivity index (χ1) is 17.6. The molecule has 1 unspecified atom stereocenters. The third-order valence-corrected chi connectivity index (χ3v) is 8.90. The Labute approximate surface area is 231 Å². The van der Waals surface area contributed by atoms with E-state index in [2.05, 4.69) is 9.88 Å². The van der Waals surface area contributed by atoms with Crippen LogP contribution in [0.1, 0.15) is 36.6 Å². The number of amides is 1. The summed E-state index contributed by atoms with van der Waals surface area (Å²) in [6, 6.07) is 7.23. The summed E-state index contributed by atoms with van der Waals surface area (Å²) in [7, 11) is -1.69. The lowest BCUT2D eigenvalue weighted by molar-refractivity contribution is -0.141. The van der Waals surface area contributed by atoms with Crippen LogP contribution in [0.25, 0.3) is 0 Å². The van der Waals surface area contributed by atoms with E-state index >= 15 is 0 Å². The van der Waals surface area contributed by atoms with E-state index in [9.17, 15) is 26.4 Å². The van der Waals surface area contributed by atoms with Gasteiger partial charge in [-0.05, 0) is 62.2 Å². The Balaban J connectivity index is 1.80. The number of likely N-dealkylation sites (N-methyl/N-ethyl adjacent to an activating group) is 1. The molecule has 1 atom stereocenters. The van der Waals surface area contributed by atoms with Crippen molar-refractivity contribution in [2.75, 3.05) is 46.0 Å². The highest BCUT2D eigenvalue weighted by atomic mass is 35.5. The monoisotopic (exact) mass is 594 g/mol. The summed E-state index contributed by atoms with van der Waals surface area (Å²) in [5.74, 6) is -0.247. The number of nitrogens with zero attached hydrogens (tertiary/aromatic N) is 4. The number of carbonyl (C=O) groups excluding carboxylic acids is 1. The van der Waals surface area contributed by atoms with Crippen LogP contribution in [-0.4, -0.2) is 79.4 Å². The molecule has 1 amide bonds. The van der Waals surface area contributed by atoms with Gasteiger partial charge < -0.3 is 9.80 Å². The second-order valence-corrected chi connectivity index (χ2v) is 12.6. The van der Waals surface area contributed by atoms with Gasteiger partial charge in [-0.25, -0.2) is 12.7 Å². The second kappa shape index (κ2) is 12.1. The third-order valence-electron chi connectivity index (χ3n) is 6.85. The van der Waals surface area contributed by atoms with Gasteiger partial charge in [-0.1, -0.05) is 35.3 Å². The Bertz CT molecular complexity index is 1250. The largest absolute Gasteiger partial charge is 0.433 e. The summed E-state index contributed by atoms with van der Waals surface area (Å²) >= 11 is 12.4. The number of hydrogen-bond acceptors (Lipinski definition) is 5. The van der Waals surface area contributed by atoms with E-state index in [1.165, 1.54) is 21.5 Å². The van der Waals surface area contributed by atoms with Gasteiger partial charge in [-0.3, -0.25) is 9.78 Å². The van der Waals surface area contributed by atoms with Crippen molar-refractivity contribution in [1.82, 2.24) is 19.1 Å². The van der Waals surface area contributed by atoms with E-state index in [1.54, 1.807) is 32.2 Å². The fourth-order valence-corrected chi connectivity index (χ4v) is 5.72. The molecule has 0 aliphatic carbocycles. The number of benzene rings is 1. The van der Waals surface area contributed by atoms with Gasteiger partial charge in [0.1, 0.15) is 5.69 Å². The van der Waals surface area contributed by atoms with Crippen LogP contribution in [0.2, 0.25) is 10.0 Å². The molecule has 1 fully saturated rings. The Morgan fingerprint density at radius 1 is 1.08 bits per heavy atom. The van der Waals surface area contributed by atoms with Crippen LogP contribution in [0.3, 0.4) is 0 Å². The average Bonchev–Trinajstić information content (AvgIpc) is 3.09. The van der Waals surface area contributed by atoms with Gasteiger partial charge in [0.25, 0.3) is 0 Å². The first kappa shape index (κ1) is 30.6. The lowest BCUT2D eigenvalue weighted by Crippen LogP contribution is -2.45.